The minimum atomic E-state index is -0.661. The Balaban J connectivity index is 1.80. The van der Waals surface area contributed by atoms with Crippen molar-refractivity contribution in [1.82, 2.24) is 14.7 Å². The van der Waals surface area contributed by atoms with E-state index in [2.05, 4.69) is 10.4 Å². The van der Waals surface area contributed by atoms with Crippen LogP contribution in [-0.4, -0.2) is 58.2 Å². The summed E-state index contributed by atoms with van der Waals surface area (Å²) in [5, 5.41) is 17.2. The van der Waals surface area contributed by atoms with Gasteiger partial charge in [0.1, 0.15) is 5.82 Å². The molecule has 128 valence electrons. The molecule has 0 radical (unpaired) electrons. The van der Waals surface area contributed by atoms with Crippen LogP contribution in [0.15, 0.2) is 30.3 Å². The van der Waals surface area contributed by atoms with Crippen molar-refractivity contribution in [3.05, 3.63) is 35.9 Å². The number of benzene rings is 1. The van der Waals surface area contributed by atoms with Crippen LogP contribution in [0.25, 0.3) is 11.3 Å². The highest BCUT2D eigenvalue weighted by atomic mass is 16.5. The molecule has 7 nitrogen and oxygen atoms in total. The molecule has 3 rings (SSSR count). The van der Waals surface area contributed by atoms with E-state index in [4.69, 9.17) is 4.74 Å². The second kappa shape index (κ2) is 7.02. The van der Waals surface area contributed by atoms with Crippen LogP contribution < -0.4 is 5.32 Å². The molecule has 0 unspecified atom stereocenters. The van der Waals surface area contributed by atoms with Crippen molar-refractivity contribution in [3.63, 3.8) is 0 Å². The number of nitrogens with zero attached hydrogens (tertiary/aromatic N) is 3. The molecule has 0 aliphatic carbocycles. The summed E-state index contributed by atoms with van der Waals surface area (Å²) >= 11 is 0. The van der Waals surface area contributed by atoms with Crippen LogP contribution >= 0.6 is 0 Å². The van der Waals surface area contributed by atoms with E-state index in [1.54, 1.807) is 16.6 Å². The van der Waals surface area contributed by atoms with E-state index in [1.165, 1.54) is 0 Å². The Kier molecular flexibility index (Phi) is 4.82. The number of aryl methyl sites for hydroxylation is 1. The van der Waals surface area contributed by atoms with Crippen LogP contribution in [0.1, 0.15) is 5.56 Å². The molecule has 2 heterocycles. The Morgan fingerprint density at radius 3 is 2.88 bits per heavy atom. The lowest BCUT2D eigenvalue weighted by atomic mass is 10.1. The quantitative estimate of drug-likeness (QED) is 0.877. The summed E-state index contributed by atoms with van der Waals surface area (Å²) in [6.07, 6.45) is -0.661. The lowest BCUT2D eigenvalue weighted by Crippen LogP contribution is -2.40. The third kappa shape index (κ3) is 3.42. The van der Waals surface area contributed by atoms with Gasteiger partial charge in [0.05, 0.1) is 31.6 Å². The molecule has 1 aromatic carbocycles. The van der Waals surface area contributed by atoms with Gasteiger partial charge in [-0.1, -0.05) is 30.3 Å². The van der Waals surface area contributed by atoms with Crippen molar-refractivity contribution in [3.8, 4) is 11.3 Å². The Morgan fingerprint density at radius 1 is 1.38 bits per heavy atom. The first-order chi connectivity index (χ1) is 11.6. The van der Waals surface area contributed by atoms with Gasteiger partial charge in [-0.05, 0) is 6.92 Å². The molecule has 2 N–H and O–H groups in total. The zero-order valence-electron chi connectivity index (χ0n) is 13.9. The molecule has 7 heteroatoms. The maximum atomic E-state index is 12.5. The first-order valence-corrected chi connectivity index (χ1v) is 7.97. The maximum Gasteiger partial charge on any atom is 0.323 e. The number of anilines is 1. The second-order valence-electron chi connectivity index (χ2n) is 5.92. The number of aliphatic hydroxyl groups excluding tert-OH is 1. The zero-order valence-corrected chi connectivity index (χ0v) is 13.9. The average Bonchev–Trinajstić information content (AvgIpc) is 2.76. The Bertz CT molecular complexity index is 714. The van der Waals surface area contributed by atoms with Crippen LogP contribution in [0.4, 0.5) is 10.6 Å². The summed E-state index contributed by atoms with van der Waals surface area (Å²) in [5.41, 5.74) is 2.75. The number of aliphatic hydroxyl groups is 1. The number of amides is 2. The Labute approximate surface area is 140 Å². The van der Waals surface area contributed by atoms with Gasteiger partial charge in [0.2, 0.25) is 0 Å². The summed E-state index contributed by atoms with van der Waals surface area (Å²) in [6.45, 7) is 3.32. The van der Waals surface area contributed by atoms with Gasteiger partial charge in [0, 0.05) is 24.7 Å². The number of hydrogen-bond acceptors (Lipinski definition) is 4. The number of hydrogen-bond donors (Lipinski definition) is 2. The molecule has 1 atom stereocenters. The van der Waals surface area contributed by atoms with Crippen LogP contribution in [0, 0.1) is 6.92 Å². The molecule has 0 bridgehead atoms. The van der Waals surface area contributed by atoms with Gasteiger partial charge < -0.3 is 14.7 Å². The molecule has 1 saturated heterocycles. The third-order valence-electron chi connectivity index (χ3n) is 4.09. The van der Waals surface area contributed by atoms with Crippen LogP contribution in [0.5, 0.6) is 0 Å². The fourth-order valence-corrected chi connectivity index (χ4v) is 2.83. The van der Waals surface area contributed by atoms with E-state index in [0.29, 0.717) is 19.0 Å². The third-order valence-corrected chi connectivity index (χ3v) is 4.09. The van der Waals surface area contributed by atoms with Crippen LogP contribution in [-0.2, 0) is 11.8 Å². The first-order valence-electron chi connectivity index (χ1n) is 7.97. The molecule has 2 aromatic rings. The van der Waals surface area contributed by atoms with E-state index in [9.17, 15) is 9.90 Å². The lowest BCUT2D eigenvalue weighted by Gasteiger charge is -2.22. The summed E-state index contributed by atoms with van der Waals surface area (Å²) < 4.78 is 6.92. The standard InChI is InChI=1S/C17H22N4O3/c1-12-15(13-6-4-3-5-7-13)19-20(2)16(12)18-17(23)21-8-9-24-11-14(22)10-21/h3-7,14,22H,8-11H2,1-2H3,(H,18,23)/t14-/m0/s1. The van der Waals surface area contributed by atoms with E-state index < -0.39 is 6.10 Å². The summed E-state index contributed by atoms with van der Waals surface area (Å²) in [4.78, 5) is 14.1. The van der Waals surface area contributed by atoms with Crippen molar-refractivity contribution in [1.29, 1.82) is 0 Å². The SMILES string of the molecule is Cc1c(-c2ccccc2)nn(C)c1NC(=O)N1CCOC[C@@H](O)C1. The molecule has 0 saturated carbocycles. The molecular formula is C17H22N4O3. The minimum absolute atomic E-state index is 0.257. The lowest BCUT2D eigenvalue weighted by molar-refractivity contribution is 0.0575. The zero-order chi connectivity index (χ0) is 17.1. The predicted molar refractivity (Wildman–Crippen MR) is 90.8 cm³/mol. The van der Waals surface area contributed by atoms with Gasteiger partial charge in [-0.2, -0.15) is 5.10 Å². The topological polar surface area (TPSA) is 79.6 Å². The van der Waals surface area contributed by atoms with Crippen molar-refractivity contribution < 1.29 is 14.6 Å². The van der Waals surface area contributed by atoms with Gasteiger partial charge in [-0.3, -0.25) is 10.00 Å². The van der Waals surface area contributed by atoms with Gasteiger partial charge in [0.15, 0.2) is 0 Å². The van der Waals surface area contributed by atoms with E-state index in [-0.39, 0.29) is 19.2 Å². The number of ether oxygens (including phenoxy) is 1. The number of β-amino-alcohol motifs (C(OH)–C–C–N with tert-alkyl or cyclic N) is 1. The molecule has 1 aliphatic rings. The van der Waals surface area contributed by atoms with Gasteiger partial charge in [0.25, 0.3) is 0 Å². The van der Waals surface area contributed by atoms with Gasteiger partial charge in [-0.25, -0.2) is 4.79 Å². The first kappa shape index (κ1) is 16.5. The average molecular weight is 330 g/mol. The van der Waals surface area contributed by atoms with E-state index in [1.807, 2.05) is 37.3 Å². The largest absolute Gasteiger partial charge is 0.389 e. The van der Waals surface area contributed by atoms with Gasteiger partial charge >= 0.3 is 6.03 Å². The fraction of sp³-hybridized carbons (Fsp3) is 0.412. The summed E-state index contributed by atoms with van der Waals surface area (Å²) in [6, 6.07) is 9.59. The van der Waals surface area contributed by atoms with Crippen molar-refractivity contribution in [2.75, 3.05) is 31.6 Å². The number of nitrogens with one attached hydrogen (secondary N) is 1. The molecular weight excluding hydrogens is 308 g/mol. The van der Waals surface area contributed by atoms with Crippen molar-refractivity contribution >= 4 is 11.8 Å². The van der Waals surface area contributed by atoms with E-state index >= 15 is 0 Å². The Hall–Kier alpha value is -2.38. The minimum Gasteiger partial charge on any atom is -0.389 e. The smallest absolute Gasteiger partial charge is 0.323 e. The number of carbonyl (C=O) groups is 1. The summed E-state index contributed by atoms with van der Waals surface area (Å²) in [7, 11) is 1.80. The molecule has 2 amide bonds. The number of rotatable bonds is 2. The normalized spacial score (nSPS) is 18.3. The van der Waals surface area contributed by atoms with Crippen molar-refractivity contribution in [2.24, 2.45) is 7.05 Å². The fourth-order valence-electron chi connectivity index (χ4n) is 2.83. The Morgan fingerprint density at radius 2 is 2.12 bits per heavy atom. The van der Waals surface area contributed by atoms with E-state index in [0.717, 1.165) is 16.8 Å². The number of urea groups is 1. The highest BCUT2D eigenvalue weighted by molar-refractivity contribution is 5.90. The highest BCUT2D eigenvalue weighted by Crippen LogP contribution is 2.27. The molecule has 1 fully saturated rings. The maximum absolute atomic E-state index is 12.5. The predicted octanol–water partition coefficient (Wildman–Crippen LogP) is 1.62. The van der Waals surface area contributed by atoms with Crippen molar-refractivity contribution in [2.45, 2.75) is 13.0 Å². The number of carbonyl (C=O) groups excluding carboxylic acids is 1. The molecule has 0 spiro atoms. The molecule has 24 heavy (non-hydrogen) atoms. The van der Waals surface area contributed by atoms with Gasteiger partial charge in [-0.15, -0.1) is 0 Å². The second-order valence-corrected chi connectivity index (χ2v) is 5.92. The molecule has 1 aliphatic heterocycles. The summed E-state index contributed by atoms with van der Waals surface area (Å²) in [5.74, 6) is 0.651. The highest BCUT2D eigenvalue weighted by Gasteiger charge is 2.23. The number of aromatic nitrogens is 2. The van der Waals surface area contributed by atoms with Crippen LogP contribution in [0.2, 0.25) is 0 Å². The monoisotopic (exact) mass is 330 g/mol. The van der Waals surface area contributed by atoms with Crippen LogP contribution in [0.3, 0.4) is 0 Å². The molecule has 1 aromatic heterocycles.